The van der Waals surface area contributed by atoms with Crippen molar-refractivity contribution in [2.75, 3.05) is 23.3 Å². The van der Waals surface area contributed by atoms with Gasteiger partial charge in [0.25, 0.3) is 0 Å². The van der Waals surface area contributed by atoms with Crippen molar-refractivity contribution in [3.05, 3.63) is 53.8 Å². The molecule has 3 heterocycles. The zero-order valence-corrected chi connectivity index (χ0v) is 19.3. The maximum atomic E-state index is 15.2. The number of fused-ring (bicyclic) bond motifs is 1. The Bertz CT molecular complexity index is 1430. The summed E-state index contributed by atoms with van der Waals surface area (Å²) in [6, 6.07) is 3.66. The molecule has 2 saturated heterocycles. The van der Waals surface area contributed by atoms with Crippen LogP contribution in [0.2, 0.25) is 0 Å². The van der Waals surface area contributed by atoms with E-state index in [1.807, 2.05) is 0 Å². The normalized spacial score (nSPS) is 18.2. The van der Waals surface area contributed by atoms with Crippen molar-refractivity contribution >= 4 is 40.2 Å². The summed E-state index contributed by atoms with van der Waals surface area (Å²) in [4.78, 5) is 37.8. The number of anilines is 2. The fourth-order valence-electron chi connectivity index (χ4n) is 4.58. The fraction of sp³-hybridized carbons (Fsp3) is 0.292. The number of imide groups is 1. The summed E-state index contributed by atoms with van der Waals surface area (Å²) in [5, 5.41) is 7.31. The number of nitrogens with zero attached hydrogens (tertiary/aromatic N) is 1. The average molecular weight is 538 g/mol. The van der Waals surface area contributed by atoms with Crippen molar-refractivity contribution in [3.63, 3.8) is 0 Å². The molecule has 38 heavy (non-hydrogen) atoms. The number of benzene rings is 2. The summed E-state index contributed by atoms with van der Waals surface area (Å²) in [7, 11) is 0. The first-order chi connectivity index (χ1) is 18.0. The van der Waals surface area contributed by atoms with E-state index < -0.39 is 59.2 Å². The third-order valence-electron chi connectivity index (χ3n) is 6.27. The lowest BCUT2D eigenvalue weighted by molar-refractivity contribution is -0.274. The first-order valence-electron chi connectivity index (χ1n) is 11.4. The average Bonchev–Trinajstić information content (AvgIpc) is 3.27. The minimum Gasteiger partial charge on any atom is -0.462 e. The van der Waals surface area contributed by atoms with E-state index in [0.717, 1.165) is 12.1 Å². The van der Waals surface area contributed by atoms with Gasteiger partial charge in [0.05, 0.1) is 29.6 Å². The molecule has 2 aliphatic rings. The van der Waals surface area contributed by atoms with Crippen LogP contribution in [-0.2, 0) is 9.59 Å². The second-order valence-corrected chi connectivity index (χ2v) is 8.85. The van der Waals surface area contributed by atoms with Crippen molar-refractivity contribution in [1.29, 1.82) is 0 Å². The van der Waals surface area contributed by atoms with Gasteiger partial charge in [0.15, 0.2) is 5.58 Å². The van der Waals surface area contributed by atoms with Crippen LogP contribution in [0.25, 0.3) is 11.0 Å². The van der Waals surface area contributed by atoms with Gasteiger partial charge in [0.1, 0.15) is 17.4 Å². The van der Waals surface area contributed by atoms with Crippen LogP contribution in [0.5, 0.6) is 5.75 Å². The molecule has 0 aliphatic carbocycles. The number of ether oxygens (including phenoxy) is 1. The van der Waals surface area contributed by atoms with E-state index in [9.17, 15) is 31.9 Å². The Kier molecular flexibility index (Phi) is 6.33. The highest BCUT2D eigenvalue weighted by Crippen LogP contribution is 2.40. The lowest BCUT2D eigenvalue weighted by atomic mass is 9.87. The van der Waals surface area contributed by atoms with E-state index in [-0.39, 0.29) is 31.5 Å². The Hall–Kier alpha value is -4.36. The van der Waals surface area contributed by atoms with Crippen molar-refractivity contribution in [3.8, 4) is 5.75 Å². The van der Waals surface area contributed by atoms with Crippen LogP contribution in [0.4, 0.5) is 38.1 Å². The number of alkyl halides is 3. The lowest BCUT2D eigenvalue weighted by Gasteiger charge is -2.41. The van der Waals surface area contributed by atoms with Crippen LogP contribution in [0.15, 0.2) is 41.0 Å². The minimum atomic E-state index is -4.98. The SMILES string of the molecule is O=C1CC[C@H](c2c(F)cc(N3CC(NC(=O)Nc4cc(OC(F)(F)F)ccc4F)C3)c3occc23)C(=O)N1. The number of hydrogen-bond donors (Lipinski definition) is 3. The van der Waals surface area contributed by atoms with Gasteiger partial charge >= 0.3 is 12.4 Å². The molecule has 0 unspecified atom stereocenters. The van der Waals surface area contributed by atoms with Crippen molar-refractivity contribution in [2.24, 2.45) is 0 Å². The molecule has 3 aromatic rings. The molecule has 0 saturated carbocycles. The fourth-order valence-corrected chi connectivity index (χ4v) is 4.58. The monoisotopic (exact) mass is 538 g/mol. The second-order valence-electron chi connectivity index (χ2n) is 8.85. The minimum absolute atomic E-state index is 0.0853. The van der Waals surface area contributed by atoms with Crippen LogP contribution in [0, 0.1) is 11.6 Å². The molecule has 0 spiro atoms. The third kappa shape index (κ3) is 5.06. The van der Waals surface area contributed by atoms with Gasteiger partial charge < -0.3 is 24.7 Å². The summed E-state index contributed by atoms with van der Waals surface area (Å²) in [5.41, 5.74) is 0.345. The van der Waals surface area contributed by atoms with E-state index in [4.69, 9.17) is 4.42 Å². The lowest BCUT2D eigenvalue weighted by Crippen LogP contribution is -2.60. The molecule has 200 valence electrons. The molecule has 9 nitrogen and oxygen atoms in total. The number of nitrogens with one attached hydrogen (secondary N) is 3. The highest BCUT2D eigenvalue weighted by molar-refractivity contribution is 6.04. The van der Waals surface area contributed by atoms with Crippen LogP contribution in [0.1, 0.15) is 24.3 Å². The quantitative estimate of drug-likeness (QED) is 0.333. The summed E-state index contributed by atoms with van der Waals surface area (Å²) in [6.45, 7) is 0.445. The van der Waals surface area contributed by atoms with E-state index in [0.29, 0.717) is 22.7 Å². The van der Waals surface area contributed by atoms with Crippen molar-refractivity contribution in [2.45, 2.75) is 31.2 Å². The predicted molar refractivity (Wildman–Crippen MR) is 123 cm³/mol. The van der Waals surface area contributed by atoms with Crippen LogP contribution in [0.3, 0.4) is 0 Å². The molecule has 1 aromatic heterocycles. The number of piperidine rings is 1. The highest BCUT2D eigenvalue weighted by Gasteiger charge is 2.36. The second kappa shape index (κ2) is 9.50. The van der Waals surface area contributed by atoms with Gasteiger partial charge in [0, 0.05) is 42.6 Å². The Morgan fingerprint density at radius 3 is 2.58 bits per heavy atom. The van der Waals surface area contributed by atoms with Crippen molar-refractivity contribution in [1.82, 2.24) is 10.6 Å². The Morgan fingerprint density at radius 1 is 1.11 bits per heavy atom. The summed E-state index contributed by atoms with van der Waals surface area (Å²) >= 11 is 0. The molecular weight excluding hydrogens is 519 g/mol. The Morgan fingerprint density at radius 2 is 1.87 bits per heavy atom. The van der Waals surface area contributed by atoms with Gasteiger partial charge in [-0.15, -0.1) is 13.2 Å². The molecule has 3 N–H and O–H groups in total. The third-order valence-corrected chi connectivity index (χ3v) is 6.27. The van der Waals surface area contributed by atoms with Crippen LogP contribution < -0.4 is 25.6 Å². The van der Waals surface area contributed by atoms with Gasteiger partial charge in [-0.05, 0) is 24.6 Å². The number of furan rings is 1. The molecule has 2 aliphatic heterocycles. The summed E-state index contributed by atoms with van der Waals surface area (Å²) in [5.74, 6) is -4.15. The van der Waals surface area contributed by atoms with E-state index in [1.54, 1.807) is 4.90 Å². The number of carbonyl (C=O) groups excluding carboxylic acids is 3. The summed E-state index contributed by atoms with van der Waals surface area (Å²) < 4.78 is 75.7. The van der Waals surface area contributed by atoms with E-state index in [2.05, 4.69) is 20.7 Å². The molecule has 0 radical (unpaired) electrons. The summed E-state index contributed by atoms with van der Waals surface area (Å²) in [6.07, 6.45) is -3.37. The zero-order chi connectivity index (χ0) is 27.2. The van der Waals surface area contributed by atoms with Gasteiger partial charge in [0.2, 0.25) is 11.8 Å². The number of urea groups is 1. The first-order valence-corrected chi connectivity index (χ1v) is 11.4. The van der Waals surface area contributed by atoms with Gasteiger partial charge in [-0.1, -0.05) is 0 Å². The van der Waals surface area contributed by atoms with Crippen molar-refractivity contribution < 1.29 is 45.5 Å². The smallest absolute Gasteiger partial charge is 0.462 e. The molecule has 0 bridgehead atoms. The van der Waals surface area contributed by atoms with E-state index >= 15 is 4.39 Å². The Labute approximate surface area is 210 Å². The molecular formula is C24H19F5N4O5. The molecule has 4 amide bonds. The standard InChI is InChI=1S/C24H19F5N4O5/c25-15-3-1-12(38-24(27,28)29)7-17(15)31-23(36)30-11-9-33(10-11)18-8-16(26)20(13-5-6-37-21(13)18)14-2-4-19(34)32-22(14)35/h1,3,5-8,11,14H,2,4,9-10H2,(H2,30,31,36)(H,32,34,35)/t14-/m1/s1. The molecule has 2 aromatic carbocycles. The molecule has 14 heteroatoms. The number of amides is 4. The number of carbonyl (C=O) groups is 3. The van der Waals surface area contributed by atoms with Gasteiger partial charge in [-0.3, -0.25) is 14.9 Å². The Balaban J connectivity index is 1.25. The van der Waals surface area contributed by atoms with Crippen LogP contribution >= 0.6 is 0 Å². The molecule has 1 atom stereocenters. The maximum absolute atomic E-state index is 15.2. The highest BCUT2D eigenvalue weighted by atomic mass is 19.4. The first kappa shape index (κ1) is 25.3. The number of halogens is 5. The molecule has 2 fully saturated rings. The largest absolute Gasteiger partial charge is 0.573 e. The van der Waals surface area contributed by atoms with Crippen LogP contribution in [-0.4, -0.2) is 43.3 Å². The van der Waals surface area contributed by atoms with E-state index in [1.165, 1.54) is 18.4 Å². The number of hydrogen-bond acceptors (Lipinski definition) is 6. The number of rotatable bonds is 5. The zero-order valence-electron chi connectivity index (χ0n) is 19.3. The topological polar surface area (TPSA) is 113 Å². The molecule has 5 rings (SSSR count). The maximum Gasteiger partial charge on any atom is 0.573 e. The van der Waals surface area contributed by atoms with Gasteiger partial charge in [-0.25, -0.2) is 13.6 Å². The van der Waals surface area contributed by atoms with Gasteiger partial charge in [-0.2, -0.15) is 0 Å². The predicted octanol–water partition coefficient (Wildman–Crippen LogP) is 4.14.